The average Bonchev–Trinajstić information content (AvgIpc) is 3.08. The fraction of sp³-hybridized carbons (Fsp3) is 0.450. The minimum Gasteiger partial charge on any atom is -0.504 e. The van der Waals surface area contributed by atoms with Crippen LogP contribution in [-0.4, -0.2) is 42.3 Å². The summed E-state index contributed by atoms with van der Waals surface area (Å²) < 4.78 is 10.1. The van der Waals surface area contributed by atoms with Crippen molar-refractivity contribution in [3.05, 3.63) is 39.3 Å². The number of carbonyl (C=O) groups is 1. The Balaban J connectivity index is 2.11. The van der Waals surface area contributed by atoms with Crippen LogP contribution in [0.2, 0.25) is 0 Å². The highest BCUT2D eigenvalue weighted by atomic mass is 32.1. The molecule has 8 nitrogen and oxygen atoms in total. The molecule has 2 aromatic rings. The van der Waals surface area contributed by atoms with Gasteiger partial charge in [0, 0.05) is 6.54 Å². The summed E-state index contributed by atoms with van der Waals surface area (Å²) in [5.74, 6) is 0.769. The zero-order valence-corrected chi connectivity index (χ0v) is 18.2. The number of thiazole rings is 1. The second-order valence-corrected chi connectivity index (χ2v) is 7.29. The van der Waals surface area contributed by atoms with E-state index in [0.717, 1.165) is 10.6 Å². The third kappa shape index (κ3) is 6.08. The van der Waals surface area contributed by atoms with E-state index in [4.69, 9.17) is 9.47 Å². The number of hydrogen-bond acceptors (Lipinski definition) is 7. The molecule has 2 rings (SSSR count). The summed E-state index contributed by atoms with van der Waals surface area (Å²) in [5, 5.41) is 17.2. The third-order valence-electron chi connectivity index (χ3n) is 4.00. The SMILES string of the molecule is CCNC(=NCc1ccc(OC)c(O)c1)NC(C)c1nc(C)c(C(=O)OCC)s1. The number of methoxy groups -OCH3 is 1. The van der Waals surface area contributed by atoms with Gasteiger partial charge in [0.2, 0.25) is 0 Å². The molecule has 0 bridgehead atoms. The number of phenols is 1. The number of nitrogens with zero attached hydrogens (tertiary/aromatic N) is 2. The molecule has 0 saturated carbocycles. The molecule has 1 atom stereocenters. The van der Waals surface area contributed by atoms with Crippen LogP contribution in [-0.2, 0) is 11.3 Å². The number of aryl methyl sites for hydroxylation is 1. The number of esters is 1. The maximum absolute atomic E-state index is 12.0. The Hall–Kier alpha value is -2.81. The summed E-state index contributed by atoms with van der Waals surface area (Å²) in [7, 11) is 1.51. The predicted molar refractivity (Wildman–Crippen MR) is 114 cm³/mol. The number of phenolic OH excluding ortho intramolecular Hbond substituents is 1. The summed E-state index contributed by atoms with van der Waals surface area (Å²) in [5.41, 5.74) is 1.51. The van der Waals surface area contributed by atoms with Crippen molar-refractivity contribution >= 4 is 23.3 Å². The number of guanidine groups is 1. The summed E-state index contributed by atoms with van der Waals surface area (Å²) >= 11 is 1.32. The first-order valence-corrected chi connectivity index (χ1v) is 10.3. The highest BCUT2D eigenvalue weighted by molar-refractivity contribution is 7.13. The van der Waals surface area contributed by atoms with Crippen LogP contribution in [0.4, 0.5) is 0 Å². The van der Waals surface area contributed by atoms with Gasteiger partial charge in [0.05, 0.1) is 32.0 Å². The molecule has 1 unspecified atom stereocenters. The zero-order valence-electron chi connectivity index (χ0n) is 17.4. The molecular formula is C20H28N4O4S. The van der Waals surface area contributed by atoms with Crippen molar-refractivity contribution in [2.75, 3.05) is 20.3 Å². The first kappa shape index (κ1) is 22.5. The van der Waals surface area contributed by atoms with Crippen LogP contribution in [0.15, 0.2) is 23.2 Å². The van der Waals surface area contributed by atoms with Gasteiger partial charge in [-0.2, -0.15) is 0 Å². The first-order chi connectivity index (χ1) is 13.9. The van der Waals surface area contributed by atoms with E-state index in [1.807, 2.05) is 19.9 Å². The van der Waals surface area contributed by atoms with E-state index in [-0.39, 0.29) is 17.8 Å². The van der Waals surface area contributed by atoms with E-state index in [2.05, 4.69) is 20.6 Å². The van der Waals surface area contributed by atoms with Gasteiger partial charge in [-0.25, -0.2) is 14.8 Å². The lowest BCUT2D eigenvalue weighted by molar-refractivity contribution is 0.0531. The molecule has 29 heavy (non-hydrogen) atoms. The van der Waals surface area contributed by atoms with Crippen molar-refractivity contribution in [1.29, 1.82) is 0 Å². The highest BCUT2D eigenvalue weighted by Crippen LogP contribution is 2.27. The molecule has 0 aliphatic heterocycles. The second kappa shape index (κ2) is 10.7. The normalized spacial score (nSPS) is 12.4. The van der Waals surface area contributed by atoms with E-state index >= 15 is 0 Å². The van der Waals surface area contributed by atoms with Gasteiger partial charge in [0.1, 0.15) is 9.88 Å². The fourth-order valence-corrected chi connectivity index (χ4v) is 3.54. The molecule has 0 saturated heterocycles. The number of rotatable bonds is 8. The van der Waals surface area contributed by atoms with E-state index in [1.165, 1.54) is 18.4 Å². The van der Waals surface area contributed by atoms with E-state index in [9.17, 15) is 9.90 Å². The van der Waals surface area contributed by atoms with Gasteiger partial charge in [-0.05, 0) is 45.4 Å². The maximum Gasteiger partial charge on any atom is 0.350 e. The molecule has 0 aliphatic rings. The molecular weight excluding hydrogens is 392 g/mol. The van der Waals surface area contributed by atoms with E-state index in [1.54, 1.807) is 26.0 Å². The topological polar surface area (TPSA) is 105 Å². The lowest BCUT2D eigenvalue weighted by Gasteiger charge is -2.16. The quantitative estimate of drug-likeness (QED) is 0.342. The number of ether oxygens (including phenoxy) is 2. The number of aromatic nitrogens is 1. The molecule has 9 heteroatoms. The molecule has 158 valence electrons. The van der Waals surface area contributed by atoms with Crippen LogP contribution in [0.3, 0.4) is 0 Å². The number of aromatic hydroxyl groups is 1. The number of aliphatic imine (C=N–C) groups is 1. The van der Waals surface area contributed by atoms with Crippen molar-refractivity contribution in [2.45, 2.75) is 40.3 Å². The minimum atomic E-state index is -0.346. The molecule has 0 amide bonds. The van der Waals surface area contributed by atoms with Gasteiger partial charge in [-0.1, -0.05) is 6.07 Å². The Bertz CT molecular complexity index is 866. The summed E-state index contributed by atoms with van der Waals surface area (Å²) in [6.07, 6.45) is 0. The van der Waals surface area contributed by atoms with Gasteiger partial charge in [0.25, 0.3) is 0 Å². The number of carbonyl (C=O) groups excluding carboxylic acids is 1. The zero-order chi connectivity index (χ0) is 21.4. The van der Waals surface area contributed by atoms with Crippen molar-refractivity contribution in [3.8, 4) is 11.5 Å². The van der Waals surface area contributed by atoms with Crippen molar-refractivity contribution in [2.24, 2.45) is 4.99 Å². The van der Waals surface area contributed by atoms with Gasteiger partial charge >= 0.3 is 5.97 Å². The van der Waals surface area contributed by atoms with Crippen LogP contribution >= 0.6 is 11.3 Å². The Morgan fingerprint density at radius 3 is 2.76 bits per heavy atom. The fourth-order valence-electron chi connectivity index (χ4n) is 2.58. The largest absolute Gasteiger partial charge is 0.504 e. The van der Waals surface area contributed by atoms with Crippen LogP contribution in [0.5, 0.6) is 11.5 Å². The summed E-state index contributed by atoms with van der Waals surface area (Å²) in [4.78, 5) is 21.6. The van der Waals surface area contributed by atoms with Crippen LogP contribution < -0.4 is 15.4 Å². The second-order valence-electron chi connectivity index (χ2n) is 6.25. The Labute approximate surface area is 175 Å². The van der Waals surface area contributed by atoms with Crippen LogP contribution in [0.25, 0.3) is 0 Å². The molecule has 1 aromatic carbocycles. The van der Waals surface area contributed by atoms with Gasteiger partial charge < -0.3 is 25.2 Å². The van der Waals surface area contributed by atoms with Crippen molar-refractivity contribution in [1.82, 2.24) is 15.6 Å². The Morgan fingerprint density at radius 1 is 1.38 bits per heavy atom. The lowest BCUT2D eigenvalue weighted by Crippen LogP contribution is -2.38. The Kier molecular flexibility index (Phi) is 8.26. The number of nitrogens with one attached hydrogen (secondary N) is 2. The monoisotopic (exact) mass is 420 g/mol. The third-order valence-corrected chi connectivity index (χ3v) is 5.33. The summed E-state index contributed by atoms with van der Waals surface area (Å²) in [6.45, 7) is 8.92. The molecule has 0 aliphatic carbocycles. The van der Waals surface area contributed by atoms with Crippen LogP contribution in [0, 0.1) is 6.92 Å². The van der Waals surface area contributed by atoms with E-state index < -0.39 is 0 Å². The van der Waals surface area contributed by atoms with Crippen molar-refractivity contribution < 1.29 is 19.4 Å². The smallest absolute Gasteiger partial charge is 0.350 e. The molecule has 0 fully saturated rings. The standard InChI is InChI=1S/C20H28N4O4S/c1-6-21-20(22-11-14-8-9-16(27-5)15(25)10-14)24-13(4)18-23-12(3)17(29-18)19(26)28-7-2/h8-10,13,25H,6-7,11H2,1-5H3,(H2,21,22,24). The highest BCUT2D eigenvalue weighted by Gasteiger charge is 2.20. The molecule has 1 heterocycles. The van der Waals surface area contributed by atoms with Gasteiger partial charge in [0.15, 0.2) is 17.5 Å². The maximum atomic E-state index is 12.0. The van der Waals surface area contributed by atoms with Gasteiger partial charge in [-0.15, -0.1) is 11.3 Å². The molecule has 0 spiro atoms. The predicted octanol–water partition coefficient (Wildman–Crippen LogP) is 3.16. The number of hydrogen-bond donors (Lipinski definition) is 3. The summed E-state index contributed by atoms with van der Waals surface area (Å²) in [6, 6.07) is 5.04. The molecule has 0 radical (unpaired) electrons. The van der Waals surface area contributed by atoms with Gasteiger partial charge in [-0.3, -0.25) is 0 Å². The van der Waals surface area contributed by atoms with E-state index in [0.29, 0.717) is 42.0 Å². The average molecular weight is 421 g/mol. The number of benzene rings is 1. The van der Waals surface area contributed by atoms with Crippen molar-refractivity contribution in [3.63, 3.8) is 0 Å². The Morgan fingerprint density at radius 2 is 2.14 bits per heavy atom. The lowest BCUT2D eigenvalue weighted by atomic mass is 10.2. The first-order valence-electron chi connectivity index (χ1n) is 9.44. The minimum absolute atomic E-state index is 0.0799. The molecule has 3 N–H and O–H groups in total. The van der Waals surface area contributed by atoms with Crippen LogP contribution in [0.1, 0.15) is 52.7 Å². The molecule has 1 aromatic heterocycles.